The van der Waals surface area contributed by atoms with Gasteiger partial charge in [-0.15, -0.1) is 0 Å². The van der Waals surface area contributed by atoms with Gasteiger partial charge in [-0.1, -0.05) is 27.7 Å². The molecular weight excluding hydrogens is 220 g/mol. The summed E-state index contributed by atoms with van der Waals surface area (Å²) in [6.45, 7) is 20.9. The van der Waals surface area contributed by atoms with E-state index in [1.54, 1.807) is 0 Å². The van der Waals surface area contributed by atoms with Crippen LogP contribution in [0, 0.1) is 23.2 Å². The maximum atomic E-state index is 2.73. The lowest BCUT2D eigenvalue weighted by atomic mass is 9.63. The zero-order valence-electron chi connectivity index (χ0n) is 13.2. The summed E-state index contributed by atoms with van der Waals surface area (Å²) in [6.07, 6.45) is 0. The van der Waals surface area contributed by atoms with Gasteiger partial charge in [0.1, 0.15) is 0 Å². The Morgan fingerprint density at radius 1 is 0.944 bits per heavy atom. The first-order valence-electron chi connectivity index (χ1n) is 7.77. The predicted octanol–water partition coefficient (Wildman–Crippen LogP) is 2.94. The molecule has 0 N–H and O–H groups in total. The van der Waals surface area contributed by atoms with Crippen LogP contribution in [0.1, 0.15) is 41.5 Å². The normalized spacial score (nSPS) is 33.3. The molecule has 0 aliphatic carbocycles. The zero-order chi connectivity index (χ0) is 13.5. The summed E-state index contributed by atoms with van der Waals surface area (Å²) in [7, 11) is 0. The van der Waals surface area contributed by atoms with E-state index in [2.05, 4.69) is 51.3 Å². The summed E-state index contributed by atoms with van der Waals surface area (Å²) in [5, 5.41) is 0. The highest BCUT2D eigenvalue weighted by molar-refractivity contribution is 4.99. The van der Waals surface area contributed by atoms with E-state index in [0.717, 1.165) is 17.8 Å². The van der Waals surface area contributed by atoms with Crippen LogP contribution in [0.25, 0.3) is 0 Å². The summed E-state index contributed by atoms with van der Waals surface area (Å²) in [6, 6.07) is 0.711. The van der Waals surface area contributed by atoms with E-state index < -0.39 is 0 Å². The van der Waals surface area contributed by atoms with Crippen LogP contribution >= 0.6 is 0 Å². The molecule has 106 valence electrons. The van der Waals surface area contributed by atoms with Crippen molar-refractivity contribution >= 4 is 0 Å². The molecule has 2 rings (SSSR count). The van der Waals surface area contributed by atoms with E-state index in [0.29, 0.717) is 11.5 Å². The van der Waals surface area contributed by atoms with Gasteiger partial charge in [0, 0.05) is 38.8 Å². The molecular formula is C16H32N2. The largest absolute Gasteiger partial charge is 0.302 e. The van der Waals surface area contributed by atoms with Crippen molar-refractivity contribution in [2.75, 3.05) is 32.7 Å². The topological polar surface area (TPSA) is 6.48 Å². The maximum Gasteiger partial charge on any atom is 0.00388 e. The highest BCUT2D eigenvalue weighted by Crippen LogP contribution is 2.44. The van der Waals surface area contributed by atoms with Crippen molar-refractivity contribution in [2.24, 2.45) is 23.2 Å². The molecule has 0 radical (unpaired) electrons. The SMILES string of the molecule is CC(C)CN1C[C@@H]2CN(C(C)C)C[C@H](C1)C2(C)C. The highest BCUT2D eigenvalue weighted by Gasteiger charge is 2.47. The second-order valence-corrected chi connectivity index (χ2v) is 7.88. The lowest BCUT2D eigenvalue weighted by Crippen LogP contribution is -2.62. The monoisotopic (exact) mass is 252 g/mol. The van der Waals surface area contributed by atoms with Crippen LogP contribution in [0.2, 0.25) is 0 Å². The molecule has 2 aliphatic heterocycles. The first-order chi connectivity index (χ1) is 8.30. The van der Waals surface area contributed by atoms with Crippen molar-refractivity contribution < 1.29 is 0 Å². The summed E-state index contributed by atoms with van der Waals surface area (Å²) < 4.78 is 0. The third-order valence-corrected chi connectivity index (χ3v) is 5.33. The average molecular weight is 252 g/mol. The third kappa shape index (κ3) is 2.75. The lowest BCUT2D eigenvalue weighted by molar-refractivity contribution is -0.0815. The molecule has 0 spiro atoms. The minimum atomic E-state index is 0.541. The van der Waals surface area contributed by atoms with E-state index in [4.69, 9.17) is 0 Å². The van der Waals surface area contributed by atoms with E-state index in [1.165, 1.54) is 32.7 Å². The van der Waals surface area contributed by atoms with Crippen LogP contribution in [0.3, 0.4) is 0 Å². The molecule has 2 aliphatic rings. The number of fused-ring (bicyclic) bond motifs is 2. The average Bonchev–Trinajstić information content (AvgIpc) is 2.17. The van der Waals surface area contributed by atoms with Gasteiger partial charge in [0.2, 0.25) is 0 Å². The second-order valence-electron chi connectivity index (χ2n) is 7.88. The minimum absolute atomic E-state index is 0.541. The number of hydrogen-bond acceptors (Lipinski definition) is 2. The van der Waals surface area contributed by atoms with Gasteiger partial charge < -0.3 is 9.80 Å². The number of nitrogens with zero attached hydrogens (tertiary/aromatic N) is 2. The van der Waals surface area contributed by atoms with Crippen LogP contribution in [0.15, 0.2) is 0 Å². The molecule has 0 aromatic heterocycles. The van der Waals surface area contributed by atoms with Gasteiger partial charge in [0.15, 0.2) is 0 Å². The number of piperidine rings is 2. The Morgan fingerprint density at radius 3 is 1.83 bits per heavy atom. The maximum absolute atomic E-state index is 2.73. The van der Waals surface area contributed by atoms with Gasteiger partial charge in [0.25, 0.3) is 0 Å². The quantitative estimate of drug-likeness (QED) is 0.762. The second kappa shape index (κ2) is 5.13. The molecule has 0 aromatic rings. The number of rotatable bonds is 3. The van der Waals surface area contributed by atoms with Crippen molar-refractivity contribution in [3.8, 4) is 0 Å². The van der Waals surface area contributed by atoms with Gasteiger partial charge in [-0.05, 0) is 37.0 Å². The molecule has 0 amide bonds. The van der Waals surface area contributed by atoms with Gasteiger partial charge in [-0.2, -0.15) is 0 Å². The smallest absolute Gasteiger partial charge is 0.00388 e. The van der Waals surface area contributed by atoms with Crippen LogP contribution < -0.4 is 0 Å². The molecule has 2 heterocycles. The minimum Gasteiger partial charge on any atom is -0.302 e. The van der Waals surface area contributed by atoms with E-state index >= 15 is 0 Å². The van der Waals surface area contributed by atoms with Gasteiger partial charge in [-0.25, -0.2) is 0 Å². The Morgan fingerprint density at radius 2 is 1.44 bits per heavy atom. The van der Waals surface area contributed by atoms with Crippen LogP contribution in [-0.4, -0.2) is 48.6 Å². The van der Waals surface area contributed by atoms with Crippen molar-refractivity contribution in [1.29, 1.82) is 0 Å². The van der Waals surface area contributed by atoms with Crippen molar-refractivity contribution in [1.82, 2.24) is 9.80 Å². The Balaban J connectivity index is 2.07. The van der Waals surface area contributed by atoms with E-state index in [-0.39, 0.29) is 0 Å². The fourth-order valence-corrected chi connectivity index (χ4v) is 3.82. The molecule has 0 unspecified atom stereocenters. The number of likely N-dealkylation sites (tertiary alicyclic amines) is 2. The van der Waals surface area contributed by atoms with Crippen LogP contribution in [0.5, 0.6) is 0 Å². The van der Waals surface area contributed by atoms with Crippen molar-refractivity contribution in [3.63, 3.8) is 0 Å². The lowest BCUT2D eigenvalue weighted by Gasteiger charge is -2.57. The van der Waals surface area contributed by atoms with E-state index in [9.17, 15) is 0 Å². The molecule has 2 saturated heterocycles. The van der Waals surface area contributed by atoms with Crippen molar-refractivity contribution in [2.45, 2.75) is 47.6 Å². The molecule has 0 saturated carbocycles. The molecule has 2 bridgehead atoms. The predicted molar refractivity (Wildman–Crippen MR) is 78.7 cm³/mol. The van der Waals surface area contributed by atoms with Crippen LogP contribution in [-0.2, 0) is 0 Å². The Labute approximate surface area is 114 Å². The zero-order valence-corrected chi connectivity index (χ0v) is 13.2. The van der Waals surface area contributed by atoms with Gasteiger partial charge >= 0.3 is 0 Å². The Hall–Kier alpha value is -0.0800. The first kappa shape index (κ1) is 14.3. The Kier molecular flexibility index (Phi) is 4.08. The summed E-state index contributed by atoms with van der Waals surface area (Å²) >= 11 is 0. The van der Waals surface area contributed by atoms with Crippen molar-refractivity contribution in [3.05, 3.63) is 0 Å². The number of hydrogen-bond donors (Lipinski definition) is 0. The molecule has 2 nitrogen and oxygen atoms in total. The standard InChI is InChI=1S/C16H32N2/c1-12(2)7-17-8-14-10-18(13(3)4)11-15(9-17)16(14,5)6/h12-15H,7-11H2,1-6H3/t14-,15+. The molecule has 2 atom stereocenters. The Bertz CT molecular complexity index is 265. The first-order valence-corrected chi connectivity index (χ1v) is 7.77. The molecule has 18 heavy (non-hydrogen) atoms. The van der Waals surface area contributed by atoms with Crippen LogP contribution in [0.4, 0.5) is 0 Å². The van der Waals surface area contributed by atoms with Gasteiger partial charge in [-0.3, -0.25) is 0 Å². The summed E-state index contributed by atoms with van der Waals surface area (Å²) in [5.74, 6) is 2.51. The molecule has 0 aromatic carbocycles. The van der Waals surface area contributed by atoms with Gasteiger partial charge in [0.05, 0.1) is 0 Å². The highest BCUT2D eigenvalue weighted by atomic mass is 15.2. The fourth-order valence-electron chi connectivity index (χ4n) is 3.82. The molecule has 2 heteroatoms. The summed E-state index contributed by atoms with van der Waals surface area (Å²) in [4.78, 5) is 5.43. The van der Waals surface area contributed by atoms with E-state index in [1.807, 2.05) is 0 Å². The third-order valence-electron chi connectivity index (χ3n) is 5.33. The summed E-state index contributed by atoms with van der Waals surface area (Å²) in [5.41, 5.74) is 0.541. The fraction of sp³-hybridized carbons (Fsp3) is 1.00. The molecule has 2 fully saturated rings.